The lowest BCUT2D eigenvalue weighted by molar-refractivity contribution is -0.606. The van der Waals surface area contributed by atoms with E-state index < -0.39 is 0 Å². The van der Waals surface area contributed by atoms with Crippen LogP contribution in [0, 0.1) is 5.21 Å². The zero-order valence-electron chi connectivity index (χ0n) is 12.8. The molecule has 126 valence electrons. The average Bonchev–Trinajstić information content (AvgIpc) is 2.57. The number of ether oxygens (including phenoxy) is 2. The van der Waals surface area contributed by atoms with E-state index in [1.165, 1.54) is 12.4 Å². The van der Waals surface area contributed by atoms with Gasteiger partial charge in [-0.25, -0.2) is 4.98 Å². The molecule has 3 aromatic rings. The Morgan fingerprint density at radius 2 is 1.75 bits per heavy atom. The second-order valence-electron chi connectivity index (χ2n) is 4.50. The van der Waals surface area contributed by atoms with E-state index in [0.717, 1.165) is 21.0 Å². The number of benzene rings is 1. The highest BCUT2D eigenvalue weighted by Gasteiger charge is 2.07. The van der Waals surface area contributed by atoms with Gasteiger partial charge in [0.05, 0.1) is 18.7 Å². The minimum Gasteiger partial charge on any atom is -0.619 e. The van der Waals surface area contributed by atoms with E-state index in [1.54, 1.807) is 26.5 Å². The molecule has 0 atom stereocenters. The minimum absolute atomic E-state index is 0.505. The molecule has 0 saturated heterocycles. The largest absolute Gasteiger partial charge is 0.619 e. The van der Waals surface area contributed by atoms with Gasteiger partial charge in [0, 0.05) is 23.0 Å². The van der Waals surface area contributed by atoms with Gasteiger partial charge in [-0.3, -0.25) is 0 Å². The molecule has 5 nitrogen and oxygen atoms in total. The van der Waals surface area contributed by atoms with Gasteiger partial charge in [0.2, 0.25) is 0 Å². The Kier molecular flexibility index (Phi) is 6.65. The first-order chi connectivity index (χ1) is 11.5. The molecule has 0 unspecified atom stereocenters. The summed E-state index contributed by atoms with van der Waals surface area (Å²) in [6, 6.07) is 7.25. The van der Waals surface area contributed by atoms with E-state index in [-0.39, 0.29) is 0 Å². The van der Waals surface area contributed by atoms with E-state index in [2.05, 4.69) is 36.8 Å². The molecule has 0 bridgehead atoms. The van der Waals surface area contributed by atoms with Crippen LogP contribution in [0.3, 0.4) is 0 Å². The second kappa shape index (κ2) is 8.50. The van der Waals surface area contributed by atoms with Crippen molar-refractivity contribution in [1.29, 1.82) is 0 Å². The zero-order chi connectivity index (χ0) is 17.7. The van der Waals surface area contributed by atoms with Gasteiger partial charge in [-0.15, -0.1) is 0 Å². The van der Waals surface area contributed by atoms with Crippen LogP contribution < -0.4 is 14.2 Å². The van der Waals surface area contributed by atoms with Gasteiger partial charge in [-0.2, -0.15) is 4.73 Å². The maximum Gasteiger partial charge on any atom is 0.198 e. The van der Waals surface area contributed by atoms with Crippen LogP contribution in [-0.2, 0) is 0 Å². The SMILES string of the molecule is COc1cc[n+]([O-])cc1Br.COc1ccc2c(Cl)nccc2c1Br. The van der Waals surface area contributed by atoms with E-state index in [4.69, 9.17) is 21.1 Å². The van der Waals surface area contributed by atoms with E-state index in [9.17, 15) is 5.21 Å². The fraction of sp³-hybridized carbons (Fsp3) is 0.125. The van der Waals surface area contributed by atoms with Crippen molar-refractivity contribution in [2.75, 3.05) is 14.2 Å². The maximum absolute atomic E-state index is 10.6. The lowest BCUT2D eigenvalue weighted by Crippen LogP contribution is -2.23. The van der Waals surface area contributed by atoms with Gasteiger partial charge in [0.15, 0.2) is 12.4 Å². The second-order valence-corrected chi connectivity index (χ2v) is 6.51. The Balaban J connectivity index is 0.000000185. The molecule has 1 aromatic carbocycles. The van der Waals surface area contributed by atoms with Crippen LogP contribution in [0.4, 0.5) is 0 Å². The summed E-state index contributed by atoms with van der Waals surface area (Å²) >= 11 is 12.6. The van der Waals surface area contributed by atoms with Crippen molar-refractivity contribution >= 4 is 54.2 Å². The quantitative estimate of drug-likeness (QED) is 0.304. The summed E-state index contributed by atoms with van der Waals surface area (Å²) in [5.41, 5.74) is 0. The molecule has 0 radical (unpaired) electrons. The fourth-order valence-corrected chi connectivity index (χ4v) is 3.28. The highest BCUT2D eigenvalue weighted by Crippen LogP contribution is 2.34. The van der Waals surface area contributed by atoms with Crippen LogP contribution in [-0.4, -0.2) is 19.2 Å². The maximum atomic E-state index is 10.6. The predicted octanol–water partition coefficient (Wildman–Crippen LogP) is 4.75. The fourth-order valence-electron chi connectivity index (χ4n) is 1.92. The monoisotopic (exact) mass is 474 g/mol. The minimum atomic E-state index is 0.505. The Hall–Kier alpha value is -1.57. The Morgan fingerprint density at radius 1 is 1.04 bits per heavy atom. The summed E-state index contributed by atoms with van der Waals surface area (Å²) in [5.74, 6) is 1.45. The summed E-state index contributed by atoms with van der Waals surface area (Å²) in [6.45, 7) is 0. The smallest absolute Gasteiger partial charge is 0.198 e. The Bertz CT molecular complexity index is 862. The number of rotatable bonds is 2. The van der Waals surface area contributed by atoms with Crippen LogP contribution in [0.1, 0.15) is 0 Å². The van der Waals surface area contributed by atoms with Crippen molar-refractivity contribution in [2.24, 2.45) is 0 Å². The molecule has 0 amide bonds. The normalized spacial score (nSPS) is 10.0. The molecule has 0 N–H and O–H groups in total. The first-order valence-electron chi connectivity index (χ1n) is 6.67. The number of methoxy groups -OCH3 is 2. The molecule has 0 saturated carbocycles. The van der Waals surface area contributed by atoms with Gasteiger partial charge in [0.1, 0.15) is 21.1 Å². The van der Waals surface area contributed by atoms with Crippen LogP contribution in [0.2, 0.25) is 5.15 Å². The van der Waals surface area contributed by atoms with Gasteiger partial charge >= 0.3 is 0 Å². The topological polar surface area (TPSA) is 58.3 Å². The third kappa shape index (κ3) is 4.28. The molecule has 0 aliphatic rings. The van der Waals surface area contributed by atoms with Gasteiger partial charge < -0.3 is 14.7 Å². The lowest BCUT2D eigenvalue weighted by Gasteiger charge is -2.06. The molecule has 0 aliphatic carbocycles. The Labute approximate surface area is 161 Å². The van der Waals surface area contributed by atoms with Crippen LogP contribution in [0.25, 0.3) is 10.8 Å². The average molecular weight is 477 g/mol. The van der Waals surface area contributed by atoms with Crippen LogP contribution in [0.5, 0.6) is 11.5 Å². The number of fused-ring (bicyclic) bond motifs is 1. The van der Waals surface area contributed by atoms with Crippen molar-refractivity contribution in [3.8, 4) is 11.5 Å². The molecule has 2 heterocycles. The highest BCUT2D eigenvalue weighted by atomic mass is 79.9. The van der Waals surface area contributed by atoms with E-state index in [1.807, 2.05) is 18.2 Å². The van der Waals surface area contributed by atoms with Gasteiger partial charge in [-0.1, -0.05) is 11.6 Å². The van der Waals surface area contributed by atoms with Crippen molar-refractivity contribution in [3.05, 3.63) is 62.2 Å². The molecule has 3 rings (SSSR count). The summed E-state index contributed by atoms with van der Waals surface area (Å²) in [5, 5.41) is 13.0. The molecule has 8 heteroatoms. The number of hydrogen-bond acceptors (Lipinski definition) is 4. The molecule has 2 aromatic heterocycles. The van der Waals surface area contributed by atoms with Crippen molar-refractivity contribution < 1.29 is 14.2 Å². The summed E-state index contributed by atoms with van der Waals surface area (Å²) < 4.78 is 12.3. The third-order valence-corrected chi connectivity index (χ3v) is 4.80. The van der Waals surface area contributed by atoms with E-state index in [0.29, 0.717) is 20.1 Å². The number of pyridine rings is 2. The van der Waals surface area contributed by atoms with Gasteiger partial charge in [0.25, 0.3) is 0 Å². The Morgan fingerprint density at radius 3 is 2.38 bits per heavy atom. The number of nitrogens with zero attached hydrogens (tertiary/aromatic N) is 2. The first-order valence-corrected chi connectivity index (χ1v) is 8.63. The number of hydrogen-bond donors (Lipinski definition) is 0. The van der Waals surface area contributed by atoms with Crippen LogP contribution in [0.15, 0.2) is 51.8 Å². The molecule has 24 heavy (non-hydrogen) atoms. The first kappa shape index (κ1) is 18.8. The third-order valence-electron chi connectivity index (χ3n) is 3.08. The van der Waals surface area contributed by atoms with Crippen molar-refractivity contribution in [1.82, 2.24) is 4.98 Å². The molecule has 0 aliphatic heterocycles. The predicted molar refractivity (Wildman–Crippen MR) is 101 cm³/mol. The summed E-state index contributed by atoms with van der Waals surface area (Å²) in [4.78, 5) is 4.01. The highest BCUT2D eigenvalue weighted by molar-refractivity contribution is 9.11. The summed E-state index contributed by atoms with van der Waals surface area (Å²) in [7, 11) is 3.18. The summed E-state index contributed by atoms with van der Waals surface area (Å²) in [6.07, 6.45) is 4.44. The number of halogens is 3. The van der Waals surface area contributed by atoms with Gasteiger partial charge in [-0.05, 0) is 50.1 Å². The molecular weight excluding hydrogens is 463 g/mol. The molecular formula is C16H13Br2ClN2O3. The standard InChI is InChI=1S/C10H7BrClNO.C6H6BrNO2/c1-14-8-3-2-7-6(9(8)11)4-5-13-10(7)12;1-10-6-2-3-8(9)4-5(6)7/h2-5H,1H3;2-4H,1H3. The van der Waals surface area contributed by atoms with Crippen molar-refractivity contribution in [3.63, 3.8) is 0 Å². The zero-order valence-corrected chi connectivity index (χ0v) is 16.7. The van der Waals surface area contributed by atoms with Crippen molar-refractivity contribution in [2.45, 2.75) is 0 Å². The van der Waals surface area contributed by atoms with E-state index >= 15 is 0 Å². The molecule has 0 fully saturated rings. The van der Waals surface area contributed by atoms with Crippen LogP contribution >= 0.6 is 43.5 Å². The molecule has 0 spiro atoms. The lowest BCUT2D eigenvalue weighted by atomic mass is 10.2. The number of aromatic nitrogens is 2.